The fourth-order valence-corrected chi connectivity index (χ4v) is 4.56. The zero-order chi connectivity index (χ0) is 25.2. The molecule has 0 bridgehead atoms. The molecule has 0 aliphatic heterocycles. The van der Waals surface area contributed by atoms with Crippen LogP contribution in [0.15, 0.2) is 87.8 Å². The van der Waals surface area contributed by atoms with Crippen molar-refractivity contribution in [1.82, 2.24) is 0 Å². The Morgan fingerprint density at radius 3 is 2.49 bits per heavy atom. The van der Waals surface area contributed by atoms with Crippen molar-refractivity contribution in [2.24, 2.45) is 0 Å². The highest BCUT2D eigenvalue weighted by molar-refractivity contribution is 9.11. The largest absolute Gasteiger partial charge is 0.506 e. The molecule has 9 heteroatoms. The van der Waals surface area contributed by atoms with Crippen molar-refractivity contribution < 1.29 is 19.4 Å². The molecule has 2 amide bonds. The van der Waals surface area contributed by atoms with Crippen LogP contribution in [0.25, 0.3) is 0 Å². The number of nitrogen functional groups attached to an aromatic ring is 1. The van der Waals surface area contributed by atoms with E-state index in [0.29, 0.717) is 46.4 Å². The summed E-state index contributed by atoms with van der Waals surface area (Å²) in [7, 11) is 0. The number of unbranched alkanes of at least 4 members (excludes halogenated alkanes) is 1. The van der Waals surface area contributed by atoms with E-state index in [2.05, 4.69) is 42.5 Å². The number of aromatic hydroxyl groups is 1. The molecular formula is C26H25Br2N3O4. The Morgan fingerprint density at radius 1 is 1.03 bits per heavy atom. The molecule has 0 spiro atoms. The summed E-state index contributed by atoms with van der Waals surface area (Å²) in [6.07, 6.45) is 3.43. The lowest BCUT2D eigenvalue weighted by Gasteiger charge is -2.20. The van der Waals surface area contributed by atoms with Crippen LogP contribution < -0.4 is 16.4 Å². The van der Waals surface area contributed by atoms with Gasteiger partial charge in [-0.05, 0) is 77.7 Å². The molecule has 182 valence electrons. The highest BCUT2D eigenvalue weighted by Crippen LogP contribution is 2.38. The highest BCUT2D eigenvalue weighted by Gasteiger charge is 2.22. The molecule has 0 heterocycles. The van der Waals surface area contributed by atoms with Crippen molar-refractivity contribution in [3.8, 4) is 5.75 Å². The maximum Gasteiger partial charge on any atom is 0.412 e. The molecule has 0 unspecified atom stereocenters. The van der Waals surface area contributed by atoms with E-state index in [-0.39, 0.29) is 11.7 Å². The van der Waals surface area contributed by atoms with E-state index in [1.165, 1.54) is 6.08 Å². The fourth-order valence-electron chi connectivity index (χ4n) is 3.30. The predicted molar refractivity (Wildman–Crippen MR) is 145 cm³/mol. The number of nitrogens with one attached hydrogen (secondary N) is 2. The molecule has 0 fully saturated rings. The summed E-state index contributed by atoms with van der Waals surface area (Å²) in [5.74, 6) is -0.285. The van der Waals surface area contributed by atoms with E-state index in [4.69, 9.17) is 10.5 Å². The summed E-state index contributed by atoms with van der Waals surface area (Å²) in [5.41, 5.74) is 7.95. The average molecular weight is 603 g/mol. The Morgan fingerprint density at radius 2 is 1.74 bits per heavy atom. The lowest BCUT2D eigenvalue weighted by atomic mass is 10.0. The Kier molecular flexibility index (Phi) is 9.75. The number of anilines is 3. The van der Waals surface area contributed by atoms with Crippen molar-refractivity contribution in [3.63, 3.8) is 0 Å². The minimum atomic E-state index is -0.709. The second kappa shape index (κ2) is 13.0. The standard InChI is InChI=1S/C26H25Br2N3O4/c27-17-15-19(25(33)20(28)16-17)23(35-26(34)30-18-9-3-1-4-10-18)13-5-2-6-14-24(32)31-22-12-8-7-11-21(22)29/h1,3-4,6-12,14-16,23,33H,2,5,13,29H2,(H,30,34)(H,31,32)/b14-6+/t23-/m1/s1. The lowest BCUT2D eigenvalue weighted by Crippen LogP contribution is -2.18. The number of phenolic OH excluding ortho intramolecular Hbond substituents is 1. The summed E-state index contributed by atoms with van der Waals surface area (Å²) in [6.45, 7) is 0. The molecule has 35 heavy (non-hydrogen) atoms. The number of carbonyl (C=O) groups is 2. The van der Waals surface area contributed by atoms with Gasteiger partial charge < -0.3 is 20.9 Å². The minimum absolute atomic E-state index is 0.00100. The molecular weight excluding hydrogens is 578 g/mol. The molecule has 0 aromatic heterocycles. The number of nitrogens with two attached hydrogens (primary N) is 1. The van der Waals surface area contributed by atoms with Gasteiger partial charge in [-0.1, -0.05) is 52.3 Å². The van der Waals surface area contributed by atoms with Crippen LogP contribution >= 0.6 is 31.9 Å². The van der Waals surface area contributed by atoms with E-state index < -0.39 is 12.2 Å². The van der Waals surface area contributed by atoms with Gasteiger partial charge >= 0.3 is 6.09 Å². The van der Waals surface area contributed by atoms with Crippen LogP contribution in [0.3, 0.4) is 0 Å². The quantitative estimate of drug-likeness (QED) is 0.118. The van der Waals surface area contributed by atoms with E-state index in [0.717, 1.165) is 4.47 Å². The smallest absolute Gasteiger partial charge is 0.412 e. The number of allylic oxidation sites excluding steroid dienone is 1. The topological polar surface area (TPSA) is 114 Å². The van der Waals surface area contributed by atoms with Gasteiger partial charge in [0.1, 0.15) is 11.9 Å². The molecule has 0 aliphatic rings. The summed E-state index contributed by atoms with van der Waals surface area (Å²) in [4.78, 5) is 24.7. The molecule has 5 N–H and O–H groups in total. The third kappa shape index (κ3) is 8.15. The molecule has 3 aromatic carbocycles. The Labute approximate surface area is 220 Å². The number of hydrogen-bond donors (Lipinski definition) is 4. The molecule has 0 radical (unpaired) electrons. The minimum Gasteiger partial charge on any atom is -0.506 e. The van der Waals surface area contributed by atoms with Gasteiger partial charge in [0.15, 0.2) is 0 Å². The number of carbonyl (C=O) groups excluding carboxylic acids is 2. The maximum absolute atomic E-state index is 12.5. The van der Waals surface area contributed by atoms with Crippen LogP contribution in [0.5, 0.6) is 5.75 Å². The number of amides is 2. The number of hydrogen-bond acceptors (Lipinski definition) is 5. The average Bonchev–Trinajstić information content (AvgIpc) is 2.82. The van der Waals surface area contributed by atoms with Crippen molar-refractivity contribution in [2.75, 3.05) is 16.4 Å². The van der Waals surface area contributed by atoms with Gasteiger partial charge in [-0.25, -0.2) is 4.79 Å². The number of halogens is 2. The van der Waals surface area contributed by atoms with E-state index in [9.17, 15) is 14.7 Å². The summed E-state index contributed by atoms with van der Waals surface area (Å²) < 4.78 is 6.89. The first-order valence-electron chi connectivity index (χ1n) is 10.9. The summed E-state index contributed by atoms with van der Waals surface area (Å²) >= 11 is 6.74. The van der Waals surface area contributed by atoms with Gasteiger partial charge in [-0.3, -0.25) is 10.1 Å². The van der Waals surface area contributed by atoms with E-state index in [1.807, 2.05) is 6.07 Å². The van der Waals surface area contributed by atoms with Gasteiger partial charge in [-0.2, -0.15) is 0 Å². The van der Waals surface area contributed by atoms with Gasteiger partial charge in [0.2, 0.25) is 5.91 Å². The van der Waals surface area contributed by atoms with Gasteiger partial charge in [0.05, 0.1) is 15.8 Å². The molecule has 3 aromatic rings. The van der Waals surface area contributed by atoms with Gasteiger partial charge in [-0.15, -0.1) is 0 Å². The lowest BCUT2D eigenvalue weighted by molar-refractivity contribution is -0.111. The van der Waals surface area contributed by atoms with Crippen LogP contribution in [0, 0.1) is 0 Å². The highest BCUT2D eigenvalue weighted by atomic mass is 79.9. The molecule has 0 saturated heterocycles. The normalized spacial score (nSPS) is 11.7. The molecule has 0 aliphatic carbocycles. The first-order chi connectivity index (χ1) is 16.8. The SMILES string of the molecule is Nc1ccccc1NC(=O)/C=C/CCC[C@@H](OC(=O)Nc1ccccc1)c1cc(Br)cc(Br)c1O. The Hall–Kier alpha value is -3.30. The zero-order valence-electron chi connectivity index (χ0n) is 18.7. The van der Waals surface area contributed by atoms with Crippen LogP contribution in [0.1, 0.15) is 30.9 Å². The monoisotopic (exact) mass is 601 g/mol. The number of rotatable bonds is 9. The number of benzene rings is 3. The summed E-state index contributed by atoms with van der Waals surface area (Å²) in [6, 6.07) is 19.4. The summed E-state index contributed by atoms with van der Waals surface area (Å²) in [5, 5.41) is 16.0. The molecule has 7 nitrogen and oxygen atoms in total. The van der Waals surface area contributed by atoms with Crippen LogP contribution in [0.4, 0.5) is 21.9 Å². The number of ether oxygens (including phenoxy) is 1. The Bertz CT molecular complexity index is 1200. The third-order valence-corrected chi connectivity index (χ3v) is 6.06. The number of para-hydroxylation sites is 3. The van der Waals surface area contributed by atoms with E-state index >= 15 is 0 Å². The molecule has 3 rings (SSSR count). The number of phenols is 1. The van der Waals surface area contributed by atoms with Crippen molar-refractivity contribution in [1.29, 1.82) is 0 Å². The van der Waals surface area contributed by atoms with Crippen molar-refractivity contribution >= 4 is 60.9 Å². The van der Waals surface area contributed by atoms with Crippen LogP contribution in [-0.4, -0.2) is 17.1 Å². The molecule has 0 saturated carbocycles. The van der Waals surface area contributed by atoms with Crippen LogP contribution in [-0.2, 0) is 9.53 Å². The first kappa shape index (κ1) is 26.3. The third-order valence-electron chi connectivity index (χ3n) is 5.00. The predicted octanol–water partition coefficient (Wildman–Crippen LogP) is 7.15. The molecule has 1 atom stereocenters. The zero-order valence-corrected chi connectivity index (χ0v) is 21.9. The van der Waals surface area contributed by atoms with Gasteiger partial charge in [0, 0.05) is 15.7 Å². The van der Waals surface area contributed by atoms with Crippen LogP contribution in [0.2, 0.25) is 0 Å². The van der Waals surface area contributed by atoms with Crippen molar-refractivity contribution in [3.05, 3.63) is 93.4 Å². The second-order valence-electron chi connectivity index (χ2n) is 7.62. The van der Waals surface area contributed by atoms with Crippen molar-refractivity contribution in [2.45, 2.75) is 25.4 Å². The fraction of sp³-hybridized carbons (Fsp3) is 0.154. The second-order valence-corrected chi connectivity index (χ2v) is 9.39. The van der Waals surface area contributed by atoms with Gasteiger partial charge in [0.25, 0.3) is 0 Å². The maximum atomic E-state index is 12.5. The Balaban J connectivity index is 1.62. The van der Waals surface area contributed by atoms with E-state index in [1.54, 1.807) is 66.7 Å². The first-order valence-corrected chi connectivity index (χ1v) is 12.4.